The van der Waals surface area contributed by atoms with E-state index in [9.17, 15) is 14.7 Å². The molecule has 2 N–H and O–H groups in total. The summed E-state index contributed by atoms with van der Waals surface area (Å²) in [7, 11) is 1.87. The fraction of sp³-hybridized carbons (Fsp3) is 0.688. The van der Waals surface area contributed by atoms with Gasteiger partial charge in [-0.1, -0.05) is 20.8 Å². The molecule has 6 nitrogen and oxygen atoms in total. The molecule has 0 spiro atoms. The van der Waals surface area contributed by atoms with Gasteiger partial charge in [-0.25, -0.2) is 4.79 Å². The van der Waals surface area contributed by atoms with Crippen LogP contribution in [0.4, 0.5) is 0 Å². The van der Waals surface area contributed by atoms with Gasteiger partial charge in [0.1, 0.15) is 6.04 Å². The SMILES string of the molecule is Cc1nn(C)c(C)c1CC(C)C(=O)N[C@H](CC(C)C)C(=O)O. The van der Waals surface area contributed by atoms with Crippen molar-refractivity contribution in [3.05, 3.63) is 17.0 Å². The van der Waals surface area contributed by atoms with Gasteiger partial charge >= 0.3 is 5.97 Å². The molecule has 0 aliphatic rings. The lowest BCUT2D eigenvalue weighted by Gasteiger charge is -2.19. The van der Waals surface area contributed by atoms with Crippen molar-refractivity contribution in [2.75, 3.05) is 0 Å². The van der Waals surface area contributed by atoms with Crippen LogP contribution in [0.5, 0.6) is 0 Å². The lowest BCUT2D eigenvalue weighted by Crippen LogP contribution is -2.44. The minimum absolute atomic E-state index is 0.208. The first kappa shape index (κ1) is 18.2. The number of nitrogens with one attached hydrogen (secondary N) is 1. The summed E-state index contributed by atoms with van der Waals surface area (Å²) in [5.74, 6) is -1.30. The number of carbonyl (C=O) groups is 2. The van der Waals surface area contributed by atoms with Gasteiger partial charge in [-0.15, -0.1) is 0 Å². The van der Waals surface area contributed by atoms with Crippen molar-refractivity contribution in [1.82, 2.24) is 15.1 Å². The van der Waals surface area contributed by atoms with Crippen molar-refractivity contribution in [1.29, 1.82) is 0 Å². The highest BCUT2D eigenvalue weighted by atomic mass is 16.4. The molecule has 0 fully saturated rings. The Hall–Kier alpha value is -1.85. The molecule has 0 saturated heterocycles. The molecule has 2 atom stereocenters. The molecule has 6 heteroatoms. The van der Waals surface area contributed by atoms with E-state index in [0.717, 1.165) is 17.0 Å². The van der Waals surface area contributed by atoms with E-state index < -0.39 is 12.0 Å². The molecule has 22 heavy (non-hydrogen) atoms. The first-order chi connectivity index (χ1) is 10.1. The zero-order chi connectivity index (χ0) is 17.0. The summed E-state index contributed by atoms with van der Waals surface area (Å²) in [6, 6.07) is -0.828. The highest BCUT2D eigenvalue weighted by molar-refractivity contribution is 5.84. The van der Waals surface area contributed by atoms with Crippen molar-refractivity contribution >= 4 is 11.9 Å². The molecule has 1 unspecified atom stereocenters. The van der Waals surface area contributed by atoms with Gasteiger partial charge in [0.15, 0.2) is 0 Å². The lowest BCUT2D eigenvalue weighted by molar-refractivity contribution is -0.142. The van der Waals surface area contributed by atoms with E-state index in [-0.39, 0.29) is 17.7 Å². The second-order valence-electron chi connectivity index (χ2n) is 6.41. The maximum Gasteiger partial charge on any atom is 0.326 e. The summed E-state index contributed by atoms with van der Waals surface area (Å²) in [6.45, 7) is 9.59. The van der Waals surface area contributed by atoms with E-state index in [1.165, 1.54) is 0 Å². The highest BCUT2D eigenvalue weighted by Crippen LogP contribution is 2.17. The van der Waals surface area contributed by atoms with E-state index in [0.29, 0.717) is 12.8 Å². The Labute approximate surface area is 131 Å². The highest BCUT2D eigenvalue weighted by Gasteiger charge is 2.25. The average Bonchev–Trinajstić information content (AvgIpc) is 2.63. The number of nitrogens with zero attached hydrogens (tertiary/aromatic N) is 2. The second-order valence-corrected chi connectivity index (χ2v) is 6.41. The van der Waals surface area contributed by atoms with Crippen LogP contribution in [0.2, 0.25) is 0 Å². The van der Waals surface area contributed by atoms with Crippen molar-refractivity contribution in [3.8, 4) is 0 Å². The molecule has 0 aliphatic heterocycles. The van der Waals surface area contributed by atoms with E-state index in [1.807, 2.05) is 41.7 Å². The number of hydrogen-bond donors (Lipinski definition) is 2. The monoisotopic (exact) mass is 309 g/mol. The fourth-order valence-electron chi connectivity index (χ4n) is 2.52. The van der Waals surface area contributed by atoms with Crippen molar-refractivity contribution < 1.29 is 14.7 Å². The summed E-state index contributed by atoms with van der Waals surface area (Å²) in [6.07, 6.45) is 0.990. The number of hydrogen-bond acceptors (Lipinski definition) is 3. The molecular formula is C16H27N3O3. The third kappa shape index (κ3) is 4.58. The van der Waals surface area contributed by atoms with Gasteiger partial charge in [-0.2, -0.15) is 5.10 Å². The number of aromatic nitrogens is 2. The Morgan fingerprint density at radius 3 is 2.27 bits per heavy atom. The molecule has 124 valence electrons. The van der Waals surface area contributed by atoms with Crippen molar-refractivity contribution in [2.45, 2.75) is 53.5 Å². The maximum absolute atomic E-state index is 12.3. The Morgan fingerprint density at radius 1 is 1.27 bits per heavy atom. The smallest absolute Gasteiger partial charge is 0.326 e. The van der Waals surface area contributed by atoms with Gasteiger partial charge in [-0.05, 0) is 38.2 Å². The number of carbonyl (C=O) groups excluding carboxylic acids is 1. The quantitative estimate of drug-likeness (QED) is 0.805. The maximum atomic E-state index is 12.3. The van der Waals surface area contributed by atoms with Crippen LogP contribution in [-0.2, 0) is 23.1 Å². The van der Waals surface area contributed by atoms with E-state index in [1.54, 1.807) is 4.68 Å². The minimum Gasteiger partial charge on any atom is -0.480 e. The molecule has 1 heterocycles. The van der Waals surface area contributed by atoms with E-state index in [2.05, 4.69) is 10.4 Å². The lowest BCUT2D eigenvalue weighted by atomic mass is 9.97. The molecule has 0 aromatic carbocycles. The van der Waals surface area contributed by atoms with Crippen LogP contribution >= 0.6 is 0 Å². The topological polar surface area (TPSA) is 84.2 Å². The molecule has 0 bridgehead atoms. The number of aliphatic carboxylic acids is 1. The third-order valence-electron chi connectivity index (χ3n) is 3.94. The number of carboxylic acids is 1. The number of carboxylic acid groups (broad SMARTS) is 1. The number of aryl methyl sites for hydroxylation is 2. The largest absolute Gasteiger partial charge is 0.480 e. The van der Waals surface area contributed by atoms with Crippen LogP contribution in [0.25, 0.3) is 0 Å². The van der Waals surface area contributed by atoms with E-state index >= 15 is 0 Å². The summed E-state index contributed by atoms with van der Waals surface area (Å²) in [5, 5.41) is 16.2. The van der Waals surface area contributed by atoms with Crippen molar-refractivity contribution in [3.63, 3.8) is 0 Å². The molecule has 1 aromatic heterocycles. The Kier molecular flexibility index (Phi) is 6.14. The van der Waals surface area contributed by atoms with Gasteiger partial charge in [0.05, 0.1) is 5.69 Å². The Bertz CT molecular complexity index is 549. The zero-order valence-corrected chi connectivity index (χ0v) is 14.3. The number of rotatable bonds is 7. The summed E-state index contributed by atoms with van der Waals surface area (Å²) in [4.78, 5) is 23.5. The molecule has 0 aliphatic carbocycles. The number of amides is 1. The fourth-order valence-corrected chi connectivity index (χ4v) is 2.52. The third-order valence-corrected chi connectivity index (χ3v) is 3.94. The molecule has 1 amide bonds. The van der Waals surface area contributed by atoms with Gasteiger partial charge in [0.2, 0.25) is 5.91 Å². The Morgan fingerprint density at radius 2 is 1.86 bits per heavy atom. The van der Waals surface area contributed by atoms with Crippen LogP contribution in [0, 0.1) is 25.7 Å². The molecule has 0 radical (unpaired) electrons. The predicted molar refractivity (Wildman–Crippen MR) is 84.6 cm³/mol. The average molecular weight is 309 g/mol. The summed E-state index contributed by atoms with van der Waals surface area (Å²) in [5.41, 5.74) is 3.01. The van der Waals surface area contributed by atoms with Crippen LogP contribution in [0.1, 0.15) is 44.1 Å². The van der Waals surface area contributed by atoms with Gasteiger partial charge < -0.3 is 10.4 Å². The van der Waals surface area contributed by atoms with E-state index in [4.69, 9.17) is 0 Å². The second kappa shape index (κ2) is 7.42. The summed E-state index contributed by atoms with van der Waals surface area (Å²) < 4.78 is 1.80. The van der Waals surface area contributed by atoms with Crippen LogP contribution < -0.4 is 5.32 Å². The normalized spacial score (nSPS) is 14.0. The van der Waals surface area contributed by atoms with Gasteiger partial charge in [-0.3, -0.25) is 9.48 Å². The van der Waals surface area contributed by atoms with Gasteiger partial charge in [0.25, 0.3) is 0 Å². The standard InChI is InChI=1S/C16H27N3O3/c1-9(2)7-14(16(21)22)17-15(20)10(3)8-13-11(4)18-19(6)12(13)5/h9-10,14H,7-8H2,1-6H3,(H,17,20)(H,21,22)/t10?,14-/m1/s1. The van der Waals surface area contributed by atoms with Crippen LogP contribution in [0.15, 0.2) is 0 Å². The van der Waals surface area contributed by atoms with Crippen LogP contribution in [0.3, 0.4) is 0 Å². The molecule has 0 saturated carbocycles. The molecule has 1 aromatic rings. The first-order valence-corrected chi connectivity index (χ1v) is 7.65. The Balaban J connectivity index is 2.74. The first-order valence-electron chi connectivity index (χ1n) is 7.65. The van der Waals surface area contributed by atoms with Crippen LogP contribution in [-0.4, -0.2) is 32.8 Å². The minimum atomic E-state index is -0.983. The molecular weight excluding hydrogens is 282 g/mol. The summed E-state index contributed by atoms with van der Waals surface area (Å²) >= 11 is 0. The molecule has 1 rings (SSSR count). The predicted octanol–water partition coefficient (Wildman–Crippen LogP) is 1.83. The van der Waals surface area contributed by atoms with Crippen molar-refractivity contribution in [2.24, 2.45) is 18.9 Å². The van der Waals surface area contributed by atoms with Gasteiger partial charge in [0, 0.05) is 18.7 Å². The zero-order valence-electron chi connectivity index (χ0n) is 14.3.